The first kappa shape index (κ1) is 24.4. The molecule has 0 aromatic heterocycles. The minimum absolute atomic E-state index is 0.119. The zero-order valence-electron chi connectivity index (χ0n) is 17.8. The molecule has 1 N–H and O–H groups in total. The van der Waals surface area contributed by atoms with Crippen LogP contribution in [0.15, 0.2) is 42.2 Å². The monoisotopic (exact) mass is 404 g/mol. The number of rotatable bonds is 9. The Labute approximate surface area is 173 Å². The second kappa shape index (κ2) is 12.8. The van der Waals surface area contributed by atoms with Crippen LogP contribution in [0.4, 0.5) is 0 Å². The normalized spacial score (nSPS) is 17.0. The van der Waals surface area contributed by atoms with Gasteiger partial charge in [0.05, 0.1) is 7.11 Å². The van der Waals surface area contributed by atoms with Gasteiger partial charge in [0.25, 0.3) is 6.47 Å². The molecule has 0 saturated heterocycles. The van der Waals surface area contributed by atoms with E-state index in [9.17, 15) is 9.59 Å². The van der Waals surface area contributed by atoms with Crippen molar-refractivity contribution in [2.45, 2.75) is 40.0 Å². The molecule has 1 aromatic rings. The van der Waals surface area contributed by atoms with Crippen LogP contribution in [-0.2, 0) is 25.5 Å². The first-order valence-corrected chi connectivity index (χ1v) is 9.66. The van der Waals surface area contributed by atoms with Crippen LogP contribution in [0, 0.1) is 18.8 Å². The van der Waals surface area contributed by atoms with E-state index in [0.29, 0.717) is 36.8 Å². The maximum Gasteiger partial charge on any atom is 0.293 e. The number of ketones is 1. The summed E-state index contributed by atoms with van der Waals surface area (Å²) in [6.07, 6.45) is 3.71. The third-order valence-corrected chi connectivity index (χ3v) is 5.03. The SMILES string of the molecule is C=CCOC=O.COc1cc(CC(C)C2CCC(=O)C(C)=C2OCO)ccc1C. The third kappa shape index (κ3) is 7.38. The van der Waals surface area contributed by atoms with E-state index < -0.39 is 0 Å². The molecule has 2 unspecified atom stereocenters. The van der Waals surface area contributed by atoms with Crippen LogP contribution in [0.25, 0.3) is 0 Å². The van der Waals surface area contributed by atoms with E-state index >= 15 is 0 Å². The van der Waals surface area contributed by atoms with Gasteiger partial charge in [0.1, 0.15) is 18.1 Å². The highest BCUT2D eigenvalue weighted by Gasteiger charge is 2.31. The van der Waals surface area contributed by atoms with Gasteiger partial charge in [0, 0.05) is 17.9 Å². The fourth-order valence-electron chi connectivity index (χ4n) is 3.46. The summed E-state index contributed by atoms with van der Waals surface area (Å²) < 4.78 is 15.0. The van der Waals surface area contributed by atoms with Gasteiger partial charge in [-0.2, -0.15) is 0 Å². The highest BCUT2D eigenvalue weighted by molar-refractivity contribution is 5.96. The predicted molar refractivity (Wildman–Crippen MR) is 111 cm³/mol. The molecule has 160 valence electrons. The Hall–Kier alpha value is -2.60. The van der Waals surface area contributed by atoms with Crippen molar-refractivity contribution in [3.8, 4) is 5.75 Å². The van der Waals surface area contributed by atoms with E-state index in [1.807, 2.05) is 6.92 Å². The Bertz CT molecular complexity index is 714. The molecule has 2 atom stereocenters. The summed E-state index contributed by atoms with van der Waals surface area (Å²) in [6, 6.07) is 6.26. The summed E-state index contributed by atoms with van der Waals surface area (Å²) in [6.45, 7) is 9.61. The first-order chi connectivity index (χ1) is 13.9. The topological polar surface area (TPSA) is 82.1 Å². The standard InChI is InChI=1S/C19H26O4.C4H6O2/c1-12-5-6-15(10-18(12)22-4)9-13(2)16-7-8-17(21)14(3)19(16)23-11-20;1-2-3-6-4-5/h5-6,10,13,16,20H,7-9,11H2,1-4H3;2,4H,1,3H2. The van der Waals surface area contributed by atoms with Gasteiger partial charge in [-0.3, -0.25) is 9.59 Å². The van der Waals surface area contributed by atoms with E-state index in [0.717, 1.165) is 24.2 Å². The number of methoxy groups -OCH3 is 1. The summed E-state index contributed by atoms with van der Waals surface area (Å²) in [4.78, 5) is 21.2. The summed E-state index contributed by atoms with van der Waals surface area (Å²) in [7, 11) is 1.68. The molecule has 1 aromatic carbocycles. The van der Waals surface area contributed by atoms with Gasteiger partial charge < -0.3 is 19.3 Å². The minimum Gasteiger partial charge on any atom is -0.496 e. The molecule has 0 radical (unpaired) electrons. The van der Waals surface area contributed by atoms with Crippen LogP contribution in [0.5, 0.6) is 5.75 Å². The lowest BCUT2D eigenvalue weighted by atomic mass is 9.78. The number of hydrogen-bond donors (Lipinski definition) is 1. The Morgan fingerprint density at radius 3 is 2.62 bits per heavy atom. The molecule has 0 fully saturated rings. The van der Waals surface area contributed by atoms with Gasteiger partial charge in [0.15, 0.2) is 12.6 Å². The van der Waals surface area contributed by atoms with Crippen LogP contribution in [0.1, 0.15) is 37.8 Å². The average molecular weight is 405 g/mol. The van der Waals surface area contributed by atoms with E-state index in [-0.39, 0.29) is 18.5 Å². The van der Waals surface area contributed by atoms with Crippen molar-refractivity contribution >= 4 is 12.3 Å². The second-order valence-corrected chi connectivity index (χ2v) is 7.03. The quantitative estimate of drug-likeness (QED) is 0.292. The molecule has 0 spiro atoms. The van der Waals surface area contributed by atoms with Gasteiger partial charge in [-0.05, 0) is 49.8 Å². The molecule has 0 amide bonds. The first-order valence-electron chi connectivity index (χ1n) is 9.66. The van der Waals surface area contributed by atoms with E-state index in [4.69, 9.17) is 14.6 Å². The number of carbonyl (C=O) groups excluding carboxylic acids is 2. The van der Waals surface area contributed by atoms with Crippen molar-refractivity contribution in [2.24, 2.45) is 11.8 Å². The zero-order valence-corrected chi connectivity index (χ0v) is 17.8. The summed E-state index contributed by atoms with van der Waals surface area (Å²) in [5, 5.41) is 9.13. The second-order valence-electron chi connectivity index (χ2n) is 7.03. The third-order valence-electron chi connectivity index (χ3n) is 5.03. The van der Waals surface area contributed by atoms with Crippen molar-refractivity contribution in [3.05, 3.63) is 53.3 Å². The van der Waals surface area contributed by atoms with Crippen LogP contribution < -0.4 is 4.74 Å². The lowest BCUT2D eigenvalue weighted by Gasteiger charge is -2.30. The number of aliphatic hydroxyl groups excluding tert-OH is 1. The number of aryl methyl sites for hydroxylation is 1. The Balaban J connectivity index is 0.000000612. The van der Waals surface area contributed by atoms with Crippen molar-refractivity contribution < 1.29 is 28.9 Å². The zero-order chi connectivity index (χ0) is 21.8. The molecule has 2 rings (SSSR count). The minimum atomic E-state index is -0.387. The van der Waals surface area contributed by atoms with Crippen LogP contribution in [0.2, 0.25) is 0 Å². The van der Waals surface area contributed by atoms with Crippen molar-refractivity contribution in [1.29, 1.82) is 0 Å². The molecule has 1 aliphatic rings. The molecule has 6 nitrogen and oxygen atoms in total. The average Bonchev–Trinajstić information content (AvgIpc) is 2.71. The fraction of sp³-hybridized carbons (Fsp3) is 0.478. The molecule has 0 heterocycles. The van der Waals surface area contributed by atoms with Crippen LogP contribution in [-0.4, -0.2) is 37.9 Å². The summed E-state index contributed by atoms with van der Waals surface area (Å²) in [5.74, 6) is 2.15. The van der Waals surface area contributed by atoms with E-state index in [1.54, 1.807) is 14.0 Å². The number of aliphatic hydroxyl groups is 1. The molecule has 1 aliphatic carbocycles. The van der Waals surface area contributed by atoms with Gasteiger partial charge in [-0.15, -0.1) is 0 Å². The smallest absolute Gasteiger partial charge is 0.293 e. The van der Waals surface area contributed by atoms with Gasteiger partial charge in [-0.25, -0.2) is 0 Å². The highest BCUT2D eigenvalue weighted by Crippen LogP contribution is 2.36. The molecular formula is C23H32O6. The maximum atomic E-state index is 11.9. The molecule has 0 saturated carbocycles. The predicted octanol–water partition coefficient (Wildman–Crippen LogP) is 3.75. The molecular weight excluding hydrogens is 372 g/mol. The molecule has 0 aliphatic heterocycles. The number of carbonyl (C=O) groups is 2. The Morgan fingerprint density at radius 1 is 1.34 bits per heavy atom. The maximum absolute atomic E-state index is 11.9. The van der Waals surface area contributed by atoms with Crippen molar-refractivity contribution in [1.82, 2.24) is 0 Å². The highest BCUT2D eigenvalue weighted by atomic mass is 16.6. The lowest BCUT2D eigenvalue weighted by molar-refractivity contribution is -0.127. The summed E-state index contributed by atoms with van der Waals surface area (Å²) in [5.41, 5.74) is 2.98. The van der Waals surface area contributed by atoms with E-state index in [1.165, 1.54) is 11.6 Å². The largest absolute Gasteiger partial charge is 0.496 e. The lowest BCUT2D eigenvalue weighted by Crippen LogP contribution is -2.26. The molecule has 29 heavy (non-hydrogen) atoms. The van der Waals surface area contributed by atoms with Gasteiger partial charge in [-0.1, -0.05) is 31.7 Å². The van der Waals surface area contributed by atoms with E-state index in [2.05, 4.69) is 36.4 Å². The van der Waals surface area contributed by atoms with Crippen LogP contribution >= 0.6 is 0 Å². The number of Topliss-reactive ketones (excluding diaryl/α,β-unsaturated/α-hetero) is 1. The van der Waals surface area contributed by atoms with Gasteiger partial charge >= 0.3 is 0 Å². The molecule has 0 bridgehead atoms. The Kier molecular flexibility index (Phi) is 10.8. The fourth-order valence-corrected chi connectivity index (χ4v) is 3.46. The number of benzene rings is 1. The van der Waals surface area contributed by atoms with Crippen LogP contribution in [0.3, 0.4) is 0 Å². The van der Waals surface area contributed by atoms with Crippen molar-refractivity contribution in [3.63, 3.8) is 0 Å². The number of hydrogen-bond acceptors (Lipinski definition) is 6. The summed E-state index contributed by atoms with van der Waals surface area (Å²) >= 11 is 0. The number of ether oxygens (including phenoxy) is 3. The molecule has 6 heteroatoms. The Morgan fingerprint density at radius 2 is 2.07 bits per heavy atom. The van der Waals surface area contributed by atoms with Gasteiger partial charge in [0.2, 0.25) is 0 Å². The number of allylic oxidation sites excluding steroid dienone is 2. The van der Waals surface area contributed by atoms with Crippen molar-refractivity contribution in [2.75, 3.05) is 20.5 Å².